The van der Waals surface area contributed by atoms with Gasteiger partial charge in [0.25, 0.3) is 5.91 Å². The molecule has 0 fully saturated rings. The Labute approximate surface area is 153 Å². The maximum Gasteiger partial charge on any atom is 0.271 e. The average molecular weight is 377 g/mol. The summed E-state index contributed by atoms with van der Waals surface area (Å²) in [5.74, 6) is 0.319. The minimum Gasteiger partial charge on any atom is -0.368 e. The fraction of sp³-hybridized carbons (Fsp3) is 0.353. The first-order chi connectivity index (χ1) is 12.3. The van der Waals surface area contributed by atoms with Gasteiger partial charge < -0.3 is 10.6 Å². The van der Waals surface area contributed by atoms with Gasteiger partial charge in [-0.05, 0) is 37.5 Å². The number of sulfonamides is 1. The van der Waals surface area contributed by atoms with Gasteiger partial charge in [0.2, 0.25) is 10.0 Å². The molecule has 0 saturated heterocycles. The number of hydrogen-bond donors (Lipinski definition) is 3. The van der Waals surface area contributed by atoms with E-state index in [1.165, 1.54) is 24.5 Å². The van der Waals surface area contributed by atoms with E-state index in [0.717, 1.165) is 12.0 Å². The number of nitrogens with one attached hydrogen (secondary N) is 2. The quantitative estimate of drug-likeness (QED) is 0.636. The Kier molecular flexibility index (Phi) is 6.64. The fourth-order valence-corrected chi connectivity index (χ4v) is 2.63. The van der Waals surface area contributed by atoms with Crippen molar-refractivity contribution in [2.75, 3.05) is 11.9 Å². The van der Waals surface area contributed by atoms with Gasteiger partial charge in [0.05, 0.1) is 17.3 Å². The van der Waals surface area contributed by atoms with E-state index in [2.05, 4.69) is 20.6 Å². The van der Waals surface area contributed by atoms with Crippen LogP contribution in [0, 0.1) is 0 Å². The SMILES string of the molecule is CCC(C)NC(=O)c1cnc(NCCc2ccc(S(N)(=O)=O)cc2)cn1. The molecule has 0 radical (unpaired) electrons. The number of benzene rings is 1. The molecule has 1 unspecified atom stereocenters. The molecule has 2 rings (SSSR count). The molecule has 8 nitrogen and oxygen atoms in total. The van der Waals surface area contributed by atoms with Crippen LogP contribution < -0.4 is 15.8 Å². The maximum absolute atomic E-state index is 11.9. The number of primary sulfonamides is 1. The molecule has 4 N–H and O–H groups in total. The van der Waals surface area contributed by atoms with Crippen LogP contribution in [0.15, 0.2) is 41.6 Å². The largest absolute Gasteiger partial charge is 0.368 e. The van der Waals surface area contributed by atoms with Crippen LogP contribution in [0.4, 0.5) is 5.82 Å². The van der Waals surface area contributed by atoms with Crippen molar-refractivity contribution < 1.29 is 13.2 Å². The zero-order chi connectivity index (χ0) is 19.2. The van der Waals surface area contributed by atoms with E-state index in [0.29, 0.717) is 18.8 Å². The van der Waals surface area contributed by atoms with Crippen LogP contribution in [0.25, 0.3) is 0 Å². The first-order valence-corrected chi connectivity index (χ1v) is 9.82. The van der Waals surface area contributed by atoms with E-state index in [4.69, 9.17) is 5.14 Å². The van der Waals surface area contributed by atoms with E-state index in [1.54, 1.807) is 12.1 Å². The summed E-state index contributed by atoms with van der Waals surface area (Å²) in [5.41, 5.74) is 1.23. The van der Waals surface area contributed by atoms with Gasteiger partial charge in [-0.25, -0.2) is 23.5 Å². The smallest absolute Gasteiger partial charge is 0.271 e. The first-order valence-electron chi connectivity index (χ1n) is 8.28. The van der Waals surface area contributed by atoms with Crippen molar-refractivity contribution in [2.24, 2.45) is 5.14 Å². The van der Waals surface area contributed by atoms with Gasteiger partial charge in [-0.15, -0.1) is 0 Å². The Morgan fingerprint density at radius 1 is 1.19 bits per heavy atom. The van der Waals surface area contributed by atoms with Crippen molar-refractivity contribution in [3.05, 3.63) is 47.9 Å². The van der Waals surface area contributed by atoms with Gasteiger partial charge in [0.15, 0.2) is 0 Å². The fourth-order valence-electron chi connectivity index (χ4n) is 2.12. The molecule has 1 aromatic carbocycles. The van der Waals surface area contributed by atoms with E-state index >= 15 is 0 Å². The minimum absolute atomic E-state index is 0.0859. The van der Waals surface area contributed by atoms with Gasteiger partial charge in [-0.3, -0.25) is 4.79 Å². The number of hydrogen-bond acceptors (Lipinski definition) is 6. The number of nitrogens with zero attached hydrogens (tertiary/aromatic N) is 2. The number of rotatable bonds is 8. The zero-order valence-corrected chi connectivity index (χ0v) is 15.6. The lowest BCUT2D eigenvalue weighted by Crippen LogP contribution is -2.32. The minimum atomic E-state index is -3.67. The van der Waals surface area contributed by atoms with Gasteiger partial charge >= 0.3 is 0 Å². The molecular formula is C17H23N5O3S. The van der Waals surface area contributed by atoms with Crippen molar-refractivity contribution in [3.8, 4) is 0 Å². The van der Waals surface area contributed by atoms with Gasteiger partial charge in [0.1, 0.15) is 11.5 Å². The second kappa shape index (κ2) is 8.72. The highest BCUT2D eigenvalue weighted by molar-refractivity contribution is 7.89. The van der Waals surface area contributed by atoms with Crippen LogP contribution in [-0.4, -0.2) is 36.9 Å². The molecule has 9 heteroatoms. The third-order valence-corrected chi connectivity index (χ3v) is 4.78. The number of amides is 1. The Hall–Kier alpha value is -2.52. The summed E-state index contributed by atoms with van der Waals surface area (Å²) < 4.78 is 22.4. The highest BCUT2D eigenvalue weighted by Gasteiger charge is 2.10. The maximum atomic E-state index is 11.9. The highest BCUT2D eigenvalue weighted by atomic mass is 32.2. The summed E-state index contributed by atoms with van der Waals surface area (Å²) in [5, 5.41) is 11.0. The first kappa shape index (κ1) is 19.8. The third kappa shape index (κ3) is 5.78. The third-order valence-electron chi connectivity index (χ3n) is 3.85. The lowest BCUT2D eigenvalue weighted by atomic mass is 10.1. The summed E-state index contributed by atoms with van der Waals surface area (Å²) in [6, 6.07) is 6.48. The molecule has 1 heterocycles. The zero-order valence-electron chi connectivity index (χ0n) is 14.8. The average Bonchev–Trinajstić information content (AvgIpc) is 2.61. The number of carbonyl (C=O) groups excluding carboxylic acids is 1. The summed E-state index contributed by atoms with van der Waals surface area (Å²) in [7, 11) is -3.67. The second-order valence-electron chi connectivity index (χ2n) is 5.94. The Morgan fingerprint density at radius 2 is 1.88 bits per heavy atom. The van der Waals surface area contributed by atoms with Crippen LogP contribution in [0.5, 0.6) is 0 Å². The topological polar surface area (TPSA) is 127 Å². The Morgan fingerprint density at radius 3 is 2.42 bits per heavy atom. The highest BCUT2D eigenvalue weighted by Crippen LogP contribution is 2.10. The number of aromatic nitrogens is 2. The van der Waals surface area contributed by atoms with Crippen LogP contribution in [-0.2, 0) is 16.4 Å². The molecule has 0 aliphatic carbocycles. The van der Waals surface area contributed by atoms with Crippen molar-refractivity contribution >= 4 is 21.7 Å². The van der Waals surface area contributed by atoms with Crippen molar-refractivity contribution in [1.29, 1.82) is 0 Å². The van der Waals surface area contributed by atoms with Crippen LogP contribution in [0.2, 0.25) is 0 Å². The number of carbonyl (C=O) groups is 1. The Bertz CT molecular complexity index is 836. The van der Waals surface area contributed by atoms with Crippen molar-refractivity contribution in [3.63, 3.8) is 0 Å². The number of nitrogens with two attached hydrogens (primary N) is 1. The van der Waals surface area contributed by atoms with Crippen LogP contribution in [0.3, 0.4) is 0 Å². The molecule has 0 aliphatic heterocycles. The van der Waals surface area contributed by atoms with Crippen LogP contribution >= 0.6 is 0 Å². The summed E-state index contributed by atoms with van der Waals surface area (Å²) >= 11 is 0. The standard InChI is InChI=1S/C17H23N5O3S/c1-3-12(2)22-17(23)15-10-21-16(11-20-15)19-9-8-13-4-6-14(7-5-13)26(18,24)25/h4-7,10-12H,3,8-9H2,1-2H3,(H,19,21)(H,22,23)(H2,18,24,25). The molecule has 1 atom stereocenters. The molecule has 0 aliphatic rings. The second-order valence-corrected chi connectivity index (χ2v) is 7.50. The molecule has 0 spiro atoms. The molecule has 140 valence electrons. The molecule has 0 bridgehead atoms. The summed E-state index contributed by atoms with van der Waals surface area (Å²) in [6.07, 6.45) is 4.45. The molecule has 1 amide bonds. The summed E-state index contributed by atoms with van der Waals surface area (Å²) in [4.78, 5) is 20.3. The van der Waals surface area contributed by atoms with Crippen molar-refractivity contribution in [1.82, 2.24) is 15.3 Å². The number of anilines is 1. The monoisotopic (exact) mass is 377 g/mol. The Balaban J connectivity index is 1.85. The van der Waals surface area contributed by atoms with Gasteiger partial charge in [0, 0.05) is 12.6 Å². The van der Waals surface area contributed by atoms with Gasteiger partial charge in [-0.1, -0.05) is 19.1 Å². The van der Waals surface area contributed by atoms with Gasteiger partial charge in [-0.2, -0.15) is 0 Å². The van der Waals surface area contributed by atoms with E-state index < -0.39 is 10.0 Å². The van der Waals surface area contributed by atoms with E-state index in [9.17, 15) is 13.2 Å². The lowest BCUT2D eigenvalue weighted by molar-refractivity contribution is 0.0934. The summed E-state index contributed by atoms with van der Waals surface area (Å²) in [6.45, 7) is 4.50. The molecule has 1 aromatic heterocycles. The molecule has 2 aromatic rings. The lowest BCUT2D eigenvalue weighted by Gasteiger charge is -2.11. The van der Waals surface area contributed by atoms with Crippen LogP contribution in [0.1, 0.15) is 36.3 Å². The predicted molar refractivity (Wildman–Crippen MR) is 99.3 cm³/mol. The predicted octanol–water partition coefficient (Wildman–Crippen LogP) is 1.31. The van der Waals surface area contributed by atoms with Crippen molar-refractivity contribution in [2.45, 2.75) is 37.6 Å². The molecular weight excluding hydrogens is 354 g/mol. The normalized spacial score (nSPS) is 12.4. The molecule has 26 heavy (non-hydrogen) atoms. The van der Waals surface area contributed by atoms with E-state index in [-0.39, 0.29) is 22.5 Å². The molecule has 0 saturated carbocycles. The van der Waals surface area contributed by atoms with E-state index in [1.807, 2.05) is 13.8 Å².